The van der Waals surface area contributed by atoms with Crippen molar-refractivity contribution in [1.82, 2.24) is 30.1 Å². The highest BCUT2D eigenvalue weighted by Gasteiger charge is 2.51. The molecule has 194 valence electrons. The van der Waals surface area contributed by atoms with Gasteiger partial charge in [-0.25, -0.2) is 9.97 Å². The number of amides is 2. The van der Waals surface area contributed by atoms with Crippen LogP contribution in [0.1, 0.15) is 60.5 Å². The van der Waals surface area contributed by atoms with Gasteiger partial charge in [-0.3, -0.25) is 9.59 Å². The van der Waals surface area contributed by atoms with Crippen LogP contribution < -0.4 is 10.6 Å². The van der Waals surface area contributed by atoms with Crippen molar-refractivity contribution in [2.75, 3.05) is 6.54 Å². The Morgan fingerprint density at radius 1 is 1.19 bits per heavy atom. The van der Waals surface area contributed by atoms with E-state index in [1.165, 1.54) is 11.1 Å². The van der Waals surface area contributed by atoms with Crippen LogP contribution in [-0.2, 0) is 35.5 Å². The maximum Gasteiger partial charge on any atom is 0.247 e. The van der Waals surface area contributed by atoms with Crippen LogP contribution in [0.25, 0.3) is 0 Å². The van der Waals surface area contributed by atoms with Crippen molar-refractivity contribution in [3.05, 3.63) is 71.0 Å². The number of oxazole rings is 1. The Balaban J connectivity index is 1.45. The summed E-state index contributed by atoms with van der Waals surface area (Å²) in [6, 6.07) is 6.46. The molecular formula is C28H34N6O3. The molecule has 9 nitrogen and oxygen atoms in total. The molecule has 37 heavy (non-hydrogen) atoms. The number of aryl methyl sites for hydroxylation is 1. The average molecular weight is 503 g/mol. The van der Waals surface area contributed by atoms with Crippen LogP contribution in [0, 0.1) is 18.8 Å². The maximum absolute atomic E-state index is 14.5. The van der Waals surface area contributed by atoms with Crippen LogP contribution in [0.3, 0.4) is 0 Å². The van der Waals surface area contributed by atoms with Gasteiger partial charge in [-0.2, -0.15) is 0 Å². The van der Waals surface area contributed by atoms with Gasteiger partial charge in [0.1, 0.15) is 35.9 Å². The lowest BCUT2D eigenvalue weighted by molar-refractivity contribution is -0.155. The molecule has 2 aliphatic heterocycles. The van der Waals surface area contributed by atoms with Crippen LogP contribution >= 0.6 is 0 Å². The number of rotatable bonds is 6. The van der Waals surface area contributed by atoms with Crippen molar-refractivity contribution in [3.63, 3.8) is 0 Å². The third-order valence-electron chi connectivity index (χ3n) is 8.35. The number of nitrogens with zero attached hydrogens (tertiary/aromatic N) is 4. The predicted octanol–water partition coefficient (Wildman–Crippen LogP) is 2.53. The van der Waals surface area contributed by atoms with E-state index in [0.29, 0.717) is 18.1 Å². The Labute approximate surface area is 216 Å². The summed E-state index contributed by atoms with van der Waals surface area (Å²) in [6.45, 7) is 8.14. The first-order valence-electron chi connectivity index (χ1n) is 13.3. The highest BCUT2D eigenvalue weighted by Crippen LogP contribution is 2.38. The summed E-state index contributed by atoms with van der Waals surface area (Å²) >= 11 is 0. The van der Waals surface area contributed by atoms with Gasteiger partial charge in [0.05, 0.1) is 5.69 Å². The molecule has 3 aromatic rings. The van der Waals surface area contributed by atoms with Gasteiger partial charge >= 0.3 is 0 Å². The SMILES string of the molecule is CC[C@H](C)[C@@H]1C(=O)N[C@H](C2Cc3ccccc3C2)C(=O)N1[C@H](c1coc(C)n1)c1ncc2n1CCNC2. The summed E-state index contributed by atoms with van der Waals surface area (Å²) in [5, 5.41) is 6.53. The molecule has 1 fully saturated rings. The molecule has 1 aliphatic carbocycles. The van der Waals surface area contributed by atoms with Gasteiger partial charge in [-0.1, -0.05) is 44.5 Å². The number of nitrogens with one attached hydrogen (secondary N) is 2. The summed E-state index contributed by atoms with van der Waals surface area (Å²) in [7, 11) is 0. The largest absolute Gasteiger partial charge is 0.449 e. The lowest BCUT2D eigenvalue weighted by Gasteiger charge is -2.46. The van der Waals surface area contributed by atoms with E-state index < -0.39 is 18.1 Å². The first-order chi connectivity index (χ1) is 18.0. The van der Waals surface area contributed by atoms with E-state index >= 15 is 0 Å². The molecule has 3 aliphatic rings. The molecule has 0 bridgehead atoms. The molecule has 4 atom stereocenters. The molecule has 0 spiro atoms. The van der Waals surface area contributed by atoms with Crippen molar-refractivity contribution in [2.24, 2.45) is 11.8 Å². The van der Waals surface area contributed by atoms with Gasteiger partial charge in [0.15, 0.2) is 5.89 Å². The van der Waals surface area contributed by atoms with Crippen molar-refractivity contribution < 1.29 is 14.0 Å². The summed E-state index contributed by atoms with van der Waals surface area (Å²) in [5.74, 6) is 1.04. The fraction of sp³-hybridized carbons (Fsp3) is 0.500. The van der Waals surface area contributed by atoms with Crippen LogP contribution in [0.15, 0.2) is 41.1 Å². The average Bonchev–Trinajstić information content (AvgIpc) is 3.64. The number of carbonyl (C=O) groups excluding carboxylic acids is 2. The van der Waals surface area contributed by atoms with Crippen molar-refractivity contribution in [1.29, 1.82) is 0 Å². The molecular weight excluding hydrogens is 468 g/mol. The van der Waals surface area contributed by atoms with Gasteiger partial charge in [0.25, 0.3) is 0 Å². The first-order valence-corrected chi connectivity index (χ1v) is 13.3. The zero-order valence-electron chi connectivity index (χ0n) is 21.6. The summed E-state index contributed by atoms with van der Waals surface area (Å²) in [6.07, 6.45) is 5.77. The topological polar surface area (TPSA) is 105 Å². The molecule has 0 unspecified atom stereocenters. The van der Waals surface area contributed by atoms with Gasteiger partial charge < -0.3 is 24.5 Å². The van der Waals surface area contributed by atoms with Crippen molar-refractivity contribution in [3.8, 4) is 0 Å². The normalized spacial score (nSPS) is 23.5. The molecule has 0 saturated carbocycles. The number of aromatic nitrogens is 3. The highest BCUT2D eigenvalue weighted by atomic mass is 16.3. The quantitative estimate of drug-likeness (QED) is 0.537. The third-order valence-corrected chi connectivity index (χ3v) is 8.35. The molecule has 4 heterocycles. The fourth-order valence-corrected chi connectivity index (χ4v) is 6.27. The molecule has 2 N–H and O–H groups in total. The van der Waals surface area contributed by atoms with E-state index in [0.717, 1.165) is 43.9 Å². The Hall–Kier alpha value is -3.46. The van der Waals surface area contributed by atoms with E-state index in [4.69, 9.17) is 9.40 Å². The molecule has 1 aromatic carbocycles. The minimum absolute atomic E-state index is 0.00678. The van der Waals surface area contributed by atoms with Gasteiger partial charge in [-0.15, -0.1) is 0 Å². The number of piperazine rings is 1. The second-order valence-electron chi connectivity index (χ2n) is 10.6. The molecule has 1 saturated heterocycles. The Morgan fingerprint density at radius 2 is 1.95 bits per heavy atom. The van der Waals surface area contributed by atoms with Crippen molar-refractivity contribution in [2.45, 2.75) is 71.2 Å². The molecule has 6 rings (SSSR count). The third kappa shape index (κ3) is 4.05. The lowest BCUT2D eigenvalue weighted by atomic mass is 9.86. The number of benzene rings is 1. The summed E-state index contributed by atoms with van der Waals surface area (Å²) in [4.78, 5) is 39.6. The molecule has 2 aromatic heterocycles. The molecule has 9 heteroatoms. The smallest absolute Gasteiger partial charge is 0.247 e. The van der Waals surface area contributed by atoms with Crippen LogP contribution in [0.2, 0.25) is 0 Å². The minimum Gasteiger partial charge on any atom is -0.449 e. The number of fused-ring (bicyclic) bond motifs is 2. The van der Waals surface area contributed by atoms with Gasteiger partial charge in [0.2, 0.25) is 11.8 Å². The van der Waals surface area contributed by atoms with Crippen molar-refractivity contribution >= 4 is 11.8 Å². The number of carbonyl (C=O) groups is 2. The maximum atomic E-state index is 14.5. The molecule has 2 amide bonds. The van der Waals surface area contributed by atoms with E-state index in [-0.39, 0.29) is 23.7 Å². The lowest BCUT2D eigenvalue weighted by Crippen LogP contribution is -2.67. The molecule has 0 radical (unpaired) electrons. The zero-order chi connectivity index (χ0) is 25.7. The summed E-state index contributed by atoms with van der Waals surface area (Å²) < 4.78 is 7.80. The standard InChI is InChI=1S/C28H34N6O3/c1-4-16(2)24-27(35)32-23(20-11-18-7-5-6-8-19(18)12-20)28(36)34(24)25(22-15-37-17(3)31-22)26-30-14-21-13-29-9-10-33(21)26/h5-8,14-16,20,23-25,29H,4,9-13H2,1-3H3,(H,32,35)/t16-,23+,24+,25+/m0/s1. The number of imidazole rings is 1. The fourth-order valence-electron chi connectivity index (χ4n) is 6.27. The second kappa shape index (κ2) is 9.45. The van der Waals surface area contributed by atoms with E-state index in [1.807, 2.05) is 25.3 Å². The monoisotopic (exact) mass is 502 g/mol. The minimum atomic E-state index is -0.630. The first kappa shape index (κ1) is 23.9. The van der Waals surface area contributed by atoms with Gasteiger partial charge in [0, 0.05) is 32.8 Å². The second-order valence-corrected chi connectivity index (χ2v) is 10.6. The predicted molar refractivity (Wildman–Crippen MR) is 136 cm³/mol. The Bertz CT molecular complexity index is 1300. The van der Waals surface area contributed by atoms with E-state index in [9.17, 15) is 9.59 Å². The number of hydrogen-bond acceptors (Lipinski definition) is 6. The Kier molecular flexibility index (Phi) is 6.10. The highest BCUT2D eigenvalue weighted by molar-refractivity contribution is 5.98. The van der Waals surface area contributed by atoms with Crippen LogP contribution in [0.4, 0.5) is 0 Å². The zero-order valence-corrected chi connectivity index (χ0v) is 21.6. The van der Waals surface area contributed by atoms with Gasteiger partial charge in [-0.05, 0) is 35.8 Å². The summed E-state index contributed by atoms with van der Waals surface area (Å²) in [5.41, 5.74) is 4.17. The number of hydrogen-bond donors (Lipinski definition) is 2. The Morgan fingerprint density at radius 3 is 2.62 bits per heavy atom. The van der Waals surface area contributed by atoms with E-state index in [1.54, 1.807) is 18.1 Å². The van der Waals surface area contributed by atoms with E-state index in [2.05, 4.69) is 39.2 Å². The van der Waals surface area contributed by atoms with Crippen LogP contribution in [0.5, 0.6) is 0 Å². The van der Waals surface area contributed by atoms with Crippen LogP contribution in [-0.4, -0.2) is 49.9 Å².